The Kier molecular flexibility index (Phi) is 7.28. The maximum absolute atomic E-state index is 11.2. The minimum Gasteiger partial charge on any atom is -0.370 e. The number of pyridine rings is 1. The van der Waals surface area contributed by atoms with Crippen LogP contribution in [0.15, 0.2) is 12.1 Å². The zero-order valence-electron chi connectivity index (χ0n) is 13.1. The van der Waals surface area contributed by atoms with Gasteiger partial charge >= 0.3 is 5.69 Å². The van der Waals surface area contributed by atoms with E-state index in [2.05, 4.69) is 24.1 Å². The molecule has 0 aliphatic carbocycles. The molecular formula is C14H24N4O2S. The first-order chi connectivity index (χ1) is 10.0. The van der Waals surface area contributed by atoms with E-state index in [4.69, 9.17) is 0 Å². The van der Waals surface area contributed by atoms with Gasteiger partial charge in [-0.15, -0.1) is 0 Å². The van der Waals surface area contributed by atoms with Crippen molar-refractivity contribution in [1.82, 2.24) is 4.98 Å². The Morgan fingerprint density at radius 2 is 2.19 bits per heavy atom. The van der Waals surface area contributed by atoms with E-state index in [9.17, 15) is 10.1 Å². The molecule has 0 aromatic carbocycles. The first-order valence-electron chi connectivity index (χ1n) is 7.16. The predicted molar refractivity (Wildman–Crippen MR) is 90.5 cm³/mol. The fourth-order valence-electron chi connectivity index (χ4n) is 2.06. The second-order valence-electron chi connectivity index (χ2n) is 4.85. The van der Waals surface area contributed by atoms with Gasteiger partial charge in [0.25, 0.3) is 0 Å². The van der Waals surface area contributed by atoms with Gasteiger partial charge in [0.2, 0.25) is 5.82 Å². The van der Waals surface area contributed by atoms with E-state index >= 15 is 0 Å². The summed E-state index contributed by atoms with van der Waals surface area (Å²) in [5, 5.41) is 14.4. The first kappa shape index (κ1) is 17.6. The van der Waals surface area contributed by atoms with Gasteiger partial charge in [-0.25, -0.2) is 4.98 Å². The Bertz CT molecular complexity index is 470. The normalized spacial score (nSPS) is 12.0. The second-order valence-corrected chi connectivity index (χ2v) is 5.76. The van der Waals surface area contributed by atoms with Crippen molar-refractivity contribution in [3.05, 3.63) is 22.2 Å². The third-order valence-corrected chi connectivity index (χ3v) is 4.04. The van der Waals surface area contributed by atoms with Crippen LogP contribution in [0, 0.1) is 10.1 Å². The van der Waals surface area contributed by atoms with Gasteiger partial charge in [0.15, 0.2) is 0 Å². The maximum atomic E-state index is 11.2. The number of nitro groups is 1. The van der Waals surface area contributed by atoms with Crippen molar-refractivity contribution in [2.24, 2.45) is 0 Å². The van der Waals surface area contributed by atoms with Crippen LogP contribution in [-0.4, -0.2) is 41.6 Å². The molecule has 1 rings (SSSR count). The molecule has 0 aliphatic heterocycles. The number of hydrogen-bond donors (Lipinski definition) is 1. The minimum atomic E-state index is -0.367. The summed E-state index contributed by atoms with van der Waals surface area (Å²) in [6, 6.07) is 3.43. The molecule has 1 N–H and O–H groups in total. The fourth-order valence-corrected chi connectivity index (χ4v) is 2.91. The molecule has 7 heteroatoms. The predicted octanol–water partition coefficient (Wildman–Crippen LogP) is 3.39. The molecule has 1 heterocycles. The smallest absolute Gasteiger partial charge is 0.311 e. The van der Waals surface area contributed by atoms with Crippen molar-refractivity contribution < 1.29 is 4.92 Å². The van der Waals surface area contributed by atoms with Crippen LogP contribution < -0.4 is 10.2 Å². The molecule has 21 heavy (non-hydrogen) atoms. The molecule has 1 aromatic rings. The van der Waals surface area contributed by atoms with E-state index in [1.165, 1.54) is 6.07 Å². The zero-order valence-corrected chi connectivity index (χ0v) is 13.9. The number of nitrogens with one attached hydrogen (secondary N) is 1. The van der Waals surface area contributed by atoms with E-state index in [1.807, 2.05) is 18.2 Å². The van der Waals surface area contributed by atoms with Gasteiger partial charge in [-0.05, 0) is 25.2 Å². The molecule has 1 aromatic heterocycles. The molecule has 0 spiro atoms. The molecule has 0 aliphatic rings. The number of anilines is 2. The van der Waals surface area contributed by atoms with Gasteiger partial charge in [0.1, 0.15) is 5.82 Å². The highest BCUT2D eigenvalue weighted by molar-refractivity contribution is 7.98. The third-order valence-electron chi connectivity index (χ3n) is 3.32. The van der Waals surface area contributed by atoms with Gasteiger partial charge < -0.3 is 10.2 Å². The summed E-state index contributed by atoms with van der Waals surface area (Å²) in [7, 11) is 1.88. The highest BCUT2D eigenvalue weighted by Crippen LogP contribution is 2.29. The van der Waals surface area contributed by atoms with Crippen molar-refractivity contribution in [3.8, 4) is 0 Å². The van der Waals surface area contributed by atoms with Crippen LogP contribution in [0.5, 0.6) is 0 Å². The highest BCUT2D eigenvalue weighted by atomic mass is 32.2. The van der Waals surface area contributed by atoms with Crippen molar-refractivity contribution in [3.63, 3.8) is 0 Å². The molecule has 0 bridgehead atoms. The van der Waals surface area contributed by atoms with Crippen LogP contribution in [0.1, 0.15) is 26.7 Å². The Morgan fingerprint density at radius 3 is 2.71 bits per heavy atom. The lowest BCUT2D eigenvalue weighted by atomic mass is 10.2. The van der Waals surface area contributed by atoms with Crippen molar-refractivity contribution in [2.45, 2.75) is 32.7 Å². The van der Waals surface area contributed by atoms with Crippen molar-refractivity contribution >= 4 is 29.1 Å². The van der Waals surface area contributed by atoms with E-state index in [0.717, 1.165) is 25.1 Å². The van der Waals surface area contributed by atoms with Gasteiger partial charge in [0, 0.05) is 31.5 Å². The lowest BCUT2D eigenvalue weighted by molar-refractivity contribution is -0.384. The Hall–Kier alpha value is -1.50. The van der Waals surface area contributed by atoms with Crippen LogP contribution in [0.3, 0.4) is 0 Å². The quantitative estimate of drug-likeness (QED) is 0.556. The number of aromatic nitrogens is 1. The summed E-state index contributed by atoms with van der Waals surface area (Å²) in [6.07, 6.45) is 3.94. The average molecular weight is 312 g/mol. The fraction of sp³-hybridized carbons (Fsp3) is 0.643. The lowest BCUT2D eigenvalue weighted by Crippen LogP contribution is -2.34. The van der Waals surface area contributed by atoms with E-state index < -0.39 is 0 Å². The van der Waals surface area contributed by atoms with Gasteiger partial charge in [-0.1, -0.05) is 13.8 Å². The molecule has 118 valence electrons. The van der Waals surface area contributed by atoms with Crippen LogP contribution in [0.4, 0.5) is 17.3 Å². The molecular weight excluding hydrogens is 288 g/mol. The zero-order chi connectivity index (χ0) is 15.8. The van der Waals surface area contributed by atoms with E-state index in [1.54, 1.807) is 17.8 Å². The van der Waals surface area contributed by atoms with Gasteiger partial charge in [-0.3, -0.25) is 10.1 Å². The average Bonchev–Trinajstić information content (AvgIpc) is 2.49. The highest BCUT2D eigenvalue weighted by Gasteiger charge is 2.23. The van der Waals surface area contributed by atoms with Gasteiger partial charge in [0.05, 0.1) is 4.92 Å². The molecule has 0 radical (unpaired) electrons. The summed E-state index contributed by atoms with van der Waals surface area (Å²) < 4.78 is 0. The lowest BCUT2D eigenvalue weighted by Gasteiger charge is -2.27. The number of hydrogen-bond acceptors (Lipinski definition) is 6. The van der Waals surface area contributed by atoms with Crippen LogP contribution in [0.25, 0.3) is 0 Å². The number of nitrogens with zero attached hydrogens (tertiary/aromatic N) is 3. The summed E-state index contributed by atoms with van der Waals surface area (Å²) >= 11 is 1.73. The molecule has 1 atom stereocenters. The van der Waals surface area contributed by atoms with Crippen molar-refractivity contribution in [1.29, 1.82) is 0 Å². The molecule has 0 amide bonds. The van der Waals surface area contributed by atoms with E-state index in [-0.39, 0.29) is 16.7 Å². The first-order valence-corrected chi connectivity index (χ1v) is 8.55. The topological polar surface area (TPSA) is 71.3 Å². The minimum absolute atomic E-state index is 0.0547. The SMILES string of the molecule is CCCNc1ccc([N+](=O)[O-])c(N(C)C(CC)CSC)n1. The molecule has 0 fully saturated rings. The van der Waals surface area contributed by atoms with Crippen LogP contribution in [0.2, 0.25) is 0 Å². The monoisotopic (exact) mass is 312 g/mol. The maximum Gasteiger partial charge on any atom is 0.311 e. The van der Waals surface area contributed by atoms with Crippen LogP contribution in [-0.2, 0) is 0 Å². The third kappa shape index (κ3) is 4.77. The molecule has 0 saturated heterocycles. The Morgan fingerprint density at radius 1 is 1.48 bits per heavy atom. The molecule has 1 unspecified atom stereocenters. The summed E-state index contributed by atoms with van der Waals surface area (Å²) in [5.74, 6) is 2.03. The second kappa shape index (κ2) is 8.71. The number of rotatable bonds is 9. The standard InChI is InChI=1S/C14H24N4O2S/c1-5-9-15-13-8-7-12(18(19)20)14(16-13)17(3)11(6-2)10-21-4/h7-8,11H,5-6,9-10H2,1-4H3,(H,15,16). The Balaban J connectivity index is 3.12. The van der Waals surface area contributed by atoms with Crippen molar-refractivity contribution in [2.75, 3.05) is 35.8 Å². The summed E-state index contributed by atoms with van der Waals surface area (Å²) in [5.41, 5.74) is 0.0547. The number of thioether (sulfide) groups is 1. The molecule has 0 saturated carbocycles. The molecule has 6 nitrogen and oxygen atoms in total. The van der Waals surface area contributed by atoms with Gasteiger partial charge in [-0.2, -0.15) is 11.8 Å². The van der Waals surface area contributed by atoms with E-state index in [0.29, 0.717) is 11.6 Å². The largest absolute Gasteiger partial charge is 0.370 e. The Labute approximate surface area is 130 Å². The summed E-state index contributed by atoms with van der Waals surface area (Å²) in [6.45, 7) is 4.95. The van der Waals surface area contributed by atoms with Crippen LogP contribution >= 0.6 is 11.8 Å². The summed E-state index contributed by atoms with van der Waals surface area (Å²) in [4.78, 5) is 17.2.